The van der Waals surface area contributed by atoms with Crippen molar-refractivity contribution in [2.24, 2.45) is 5.41 Å². The first-order chi connectivity index (χ1) is 12.9. The molecule has 1 spiro atoms. The summed E-state index contributed by atoms with van der Waals surface area (Å²) in [6.07, 6.45) is 3.38. The molecule has 1 N–H and O–H groups in total. The summed E-state index contributed by atoms with van der Waals surface area (Å²) in [6.45, 7) is 7.72. The number of ether oxygens (including phenoxy) is 1. The molecular formula is C21H30N2O4. The van der Waals surface area contributed by atoms with Gasteiger partial charge in [0.2, 0.25) is 5.91 Å². The Hall–Kier alpha value is -2.08. The molecule has 6 heteroatoms. The highest BCUT2D eigenvalue weighted by Gasteiger charge is 2.43. The number of carbonyl (C=O) groups excluding carboxylic acids is 1. The minimum Gasteiger partial charge on any atom is -0.494 e. The first kappa shape index (κ1) is 19.7. The Morgan fingerprint density at radius 1 is 1.22 bits per heavy atom. The van der Waals surface area contributed by atoms with Crippen LogP contribution in [0.3, 0.4) is 0 Å². The zero-order valence-corrected chi connectivity index (χ0v) is 16.3. The maximum Gasteiger partial charge on any atom is 0.326 e. The third kappa shape index (κ3) is 4.61. The van der Waals surface area contributed by atoms with E-state index in [1.54, 1.807) is 11.8 Å². The molecular weight excluding hydrogens is 344 g/mol. The van der Waals surface area contributed by atoms with Crippen molar-refractivity contribution in [3.05, 3.63) is 29.8 Å². The van der Waals surface area contributed by atoms with E-state index in [1.165, 1.54) is 5.56 Å². The van der Waals surface area contributed by atoms with Gasteiger partial charge in [-0.1, -0.05) is 12.1 Å². The van der Waals surface area contributed by atoms with E-state index in [9.17, 15) is 14.7 Å². The van der Waals surface area contributed by atoms with Crippen LogP contribution in [0, 0.1) is 5.41 Å². The molecule has 2 aliphatic rings. The molecule has 0 bridgehead atoms. The van der Waals surface area contributed by atoms with Crippen molar-refractivity contribution >= 4 is 11.9 Å². The molecule has 0 aromatic heterocycles. The van der Waals surface area contributed by atoms with Gasteiger partial charge in [0.05, 0.1) is 6.61 Å². The molecule has 0 radical (unpaired) electrons. The van der Waals surface area contributed by atoms with Gasteiger partial charge >= 0.3 is 5.97 Å². The van der Waals surface area contributed by atoms with E-state index in [1.807, 2.05) is 19.1 Å². The lowest BCUT2D eigenvalue weighted by Crippen LogP contribution is -2.55. The highest BCUT2D eigenvalue weighted by molar-refractivity contribution is 5.84. The highest BCUT2D eigenvalue weighted by Crippen LogP contribution is 2.41. The number of benzene rings is 1. The van der Waals surface area contributed by atoms with Gasteiger partial charge in [-0.15, -0.1) is 0 Å². The fraction of sp³-hybridized carbons (Fsp3) is 0.619. The van der Waals surface area contributed by atoms with E-state index in [0.717, 1.165) is 44.6 Å². The Bertz CT molecular complexity index is 665. The second-order valence-corrected chi connectivity index (χ2v) is 7.89. The molecule has 6 nitrogen and oxygen atoms in total. The number of hydrogen-bond acceptors (Lipinski definition) is 4. The first-order valence-electron chi connectivity index (χ1n) is 9.89. The number of nitrogens with zero attached hydrogens (tertiary/aromatic N) is 2. The van der Waals surface area contributed by atoms with E-state index in [-0.39, 0.29) is 11.3 Å². The molecule has 3 rings (SSSR count). The summed E-state index contributed by atoms with van der Waals surface area (Å²) in [6, 6.07) is 7.52. The van der Waals surface area contributed by atoms with E-state index in [2.05, 4.69) is 17.0 Å². The number of aliphatic carboxylic acids is 1. The Balaban J connectivity index is 1.56. The van der Waals surface area contributed by atoms with Crippen LogP contribution in [0.5, 0.6) is 5.75 Å². The third-order valence-electron chi connectivity index (χ3n) is 6.08. The Kier molecular flexibility index (Phi) is 6.05. The molecule has 148 valence electrons. The van der Waals surface area contributed by atoms with E-state index < -0.39 is 12.0 Å². The molecule has 0 aliphatic carbocycles. The van der Waals surface area contributed by atoms with Crippen molar-refractivity contribution in [1.82, 2.24) is 9.80 Å². The summed E-state index contributed by atoms with van der Waals surface area (Å²) in [5.74, 6) is -0.0426. The van der Waals surface area contributed by atoms with Crippen LogP contribution in [-0.4, -0.2) is 59.1 Å². The van der Waals surface area contributed by atoms with Crippen LogP contribution in [0.15, 0.2) is 24.3 Å². The van der Waals surface area contributed by atoms with Gasteiger partial charge in [-0.05, 0) is 69.3 Å². The maximum atomic E-state index is 12.2. The SMILES string of the molecule is CCOc1ccc(CN2CCC3(CCC(=O)N([C@H](C)C(=O)O)C3)CC2)cc1. The van der Waals surface area contributed by atoms with Crippen LogP contribution >= 0.6 is 0 Å². The van der Waals surface area contributed by atoms with Gasteiger partial charge in [-0.2, -0.15) is 0 Å². The number of carbonyl (C=O) groups is 2. The number of rotatable bonds is 6. The normalized spacial score (nSPS) is 21.3. The number of hydrogen-bond donors (Lipinski definition) is 1. The summed E-state index contributed by atoms with van der Waals surface area (Å²) >= 11 is 0. The highest BCUT2D eigenvalue weighted by atomic mass is 16.5. The largest absolute Gasteiger partial charge is 0.494 e. The second kappa shape index (κ2) is 8.30. The van der Waals surface area contributed by atoms with Crippen molar-refractivity contribution in [2.45, 2.75) is 52.1 Å². The summed E-state index contributed by atoms with van der Waals surface area (Å²) < 4.78 is 5.49. The fourth-order valence-electron chi connectivity index (χ4n) is 4.24. The smallest absolute Gasteiger partial charge is 0.326 e. The van der Waals surface area contributed by atoms with Gasteiger partial charge in [0.1, 0.15) is 11.8 Å². The van der Waals surface area contributed by atoms with Crippen LogP contribution in [0.4, 0.5) is 0 Å². The number of amides is 1. The number of likely N-dealkylation sites (tertiary alicyclic amines) is 2. The molecule has 2 fully saturated rings. The lowest BCUT2D eigenvalue weighted by atomic mass is 9.72. The minimum absolute atomic E-state index is 0.0210. The van der Waals surface area contributed by atoms with E-state index >= 15 is 0 Å². The van der Waals surface area contributed by atoms with Gasteiger partial charge in [0.25, 0.3) is 0 Å². The third-order valence-corrected chi connectivity index (χ3v) is 6.08. The fourth-order valence-corrected chi connectivity index (χ4v) is 4.24. The minimum atomic E-state index is -0.923. The molecule has 0 unspecified atom stereocenters. The van der Waals surface area contributed by atoms with Crippen molar-refractivity contribution in [1.29, 1.82) is 0 Å². The summed E-state index contributed by atoms with van der Waals surface area (Å²) in [5.41, 5.74) is 1.35. The molecule has 1 aromatic rings. The zero-order chi connectivity index (χ0) is 19.4. The molecule has 1 amide bonds. The Morgan fingerprint density at radius 2 is 1.89 bits per heavy atom. The number of piperidine rings is 2. The Morgan fingerprint density at radius 3 is 2.48 bits per heavy atom. The molecule has 27 heavy (non-hydrogen) atoms. The van der Waals surface area contributed by atoms with Gasteiger partial charge in [0.15, 0.2) is 0 Å². The molecule has 1 aromatic carbocycles. The number of carboxylic acid groups (broad SMARTS) is 1. The lowest BCUT2D eigenvalue weighted by Gasteiger charge is -2.48. The van der Waals surface area contributed by atoms with Crippen molar-refractivity contribution in [3.8, 4) is 5.75 Å². The predicted molar refractivity (Wildman–Crippen MR) is 103 cm³/mol. The van der Waals surface area contributed by atoms with Crippen molar-refractivity contribution in [2.75, 3.05) is 26.2 Å². The molecule has 2 saturated heterocycles. The van der Waals surface area contributed by atoms with Crippen molar-refractivity contribution < 1.29 is 19.4 Å². The van der Waals surface area contributed by atoms with Crippen LogP contribution in [0.1, 0.15) is 45.1 Å². The Labute approximate surface area is 161 Å². The van der Waals surface area contributed by atoms with Gasteiger partial charge in [0, 0.05) is 19.5 Å². The second-order valence-electron chi connectivity index (χ2n) is 7.89. The molecule has 2 aliphatic heterocycles. The van der Waals surface area contributed by atoms with Gasteiger partial charge in [-0.25, -0.2) is 4.79 Å². The molecule has 0 saturated carbocycles. The first-order valence-corrected chi connectivity index (χ1v) is 9.89. The molecule has 2 heterocycles. The molecule has 1 atom stereocenters. The van der Waals surface area contributed by atoms with Crippen LogP contribution in [0.2, 0.25) is 0 Å². The summed E-state index contributed by atoms with van der Waals surface area (Å²) in [5, 5.41) is 9.29. The summed E-state index contributed by atoms with van der Waals surface area (Å²) in [4.78, 5) is 27.5. The lowest BCUT2D eigenvalue weighted by molar-refractivity contribution is -0.155. The topological polar surface area (TPSA) is 70.1 Å². The number of carboxylic acids is 1. The van der Waals surface area contributed by atoms with Crippen LogP contribution < -0.4 is 4.74 Å². The van der Waals surface area contributed by atoms with Gasteiger partial charge in [-0.3, -0.25) is 9.69 Å². The average Bonchev–Trinajstić information content (AvgIpc) is 2.67. The van der Waals surface area contributed by atoms with E-state index in [0.29, 0.717) is 19.6 Å². The average molecular weight is 374 g/mol. The predicted octanol–water partition coefficient (Wildman–Crippen LogP) is 2.76. The quantitative estimate of drug-likeness (QED) is 0.829. The van der Waals surface area contributed by atoms with E-state index in [4.69, 9.17) is 4.74 Å². The standard InChI is InChI=1S/C21H30N2O4/c1-3-27-18-6-4-17(5-7-18)14-22-12-10-21(11-13-22)9-8-19(24)23(15-21)16(2)20(25)26/h4-7,16H,3,8-15H2,1-2H3,(H,25,26)/t16-/m1/s1. The van der Waals surface area contributed by atoms with Crippen LogP contribution in [0.25, 0.3) is 0 Å². The monoisotopic (exact) mass is 374 g/mol. The zero-order valence-electron chi connectivity index (χ0n) is 16.3. The van der Waals surface area contributed by atoms with Crippen molar-refractivity contribution in [3.63, 3.8) is 0 Å². The maximum absolute atomic E-state index is 12.2. The van der Waals surface area contributed by atoms with Gasteiger partial charge < -0.3 is 14.7 Å². The summed E-state index contributed by atoms with van der Waals surface area (Å²) in [7, 11) is 0. The van der Waals surface area contributed by atoms with Crippen LogP contribution in [-0.2, 0) is 16.1 Å².